The first kappa shape index (κ1) is 40.8. The van der Waals surface area contributed by atoms with Gasteiger partial charge in [0.05, 0.1) is 31.0 Å². The van der Waals surface area contributed by atoms with Crippen LogP contribution in [0.4, 0.5) is 5.82 Å². The van der Waals surface area contributed by atoms with E-state index < -0.39 is 112 Å². The number of rotatable bonds is 17. The van der Waals surface area contributed by atoms with Gasteiger partial charge in [-0.1, -0.05) is 5.21 Å². The first-order valence-corrected chi connectivity index (χ1v) is 17.2. The second-order valence-corrected chi connectivity index (χ2v) is 13.6. The highest BCUT2D eigenvalue weighted by atomic mass is 31.2. The first-order valence-electron chi connectivity index (χ1n) is 15.7. The molecule has 2 aliphatic heterocycles. The molecular weight excluding hydrogens is 725 g/mol. The zero-order chi connectivity index (χ0) is 38.5. The molecule has 0 aromatic carbocycles. The number of aryl methyl sites for hydroxylation is 1. The number of nitrogens with one attached hydrogen (secondary N) is 1. The number of nitrogen functional groups attached to an aromatic ring is 1. The fourth-order valence-corrected chi connectivity index (χ4v) is 6.59. The molecule has 0 spiro atoms. The van der Waals surface area contributed by atoms with Crippen LogP contribution < -0.4 is 16.7 Å². The Kier molecular flexibility index (Phi) is 13.2. The van der Waals surface area contributed by atoms with Crippen LogP contribution in [0.3, 0.4) is 0 Å². The van der Waals surface area contributed by atoms with Gasteiger partial charge in [0.25, 0.3) is 5.79 Å². The molecule has 0 aliphatic carbocycles. The lowest BCUT2D eigenvalue weighted by Gasteiger charge is -2.46. The lowest BCUT2D eigenvalue weighted by atomic mass is 9.88. The molecule has 2 aliphatic rings. The molecule has 52 heavy (non-hydrogen) atoms. The van der Waals surface area contributed by atoms with Gasteiger partial charge in [-0.25, -0.2) is 23.4 Å². The fourth-order valence-electron chi connectivity index (χ4n) is 5.63. The highest BCUT2D eigenvalue weighted by Crippen LogP contribution is 2.51. The zero-order valence-electron chi connectivity index (χ0n) is 27.4. The molecule has 2 aromatic rings. The van der Waals surface area contributed by atoms with Crippen LogP contribution in [0.25, 0.3) is 0 Å². The summed E-state index contributed by atoms with van der Waals surface area (Å²) in [6, 6.07) is -0.392. The molecule has 2 saturated heterocycles. The number of phosphoric acid groups is 1. The summed E-state index contributed by atoms with van der Waals surface area (Å²) in [6.07, 6.45) is -12.1. The molecule has 1 unspecified atom stereocenters. The van der Waals surface area contributed by atoms with Gasteiger partial charge in [0.15, 0.2) is 6.23 Å². The number of aromatic nitrogens is 5. The van der Waals surface area contributed by atoms with Gasteiger partial charge in [-0.05, 0) is 25.3 Å². The van der Waals surface area contributed by atoms with Crippen molar-refractivity contribution in [2.45, 2.75) is 106 Å². The van der Waals surface area contributed by atoms with Crippen LogP contribution in [0.5, 0.6) is 0 Å². The summed E-state index contributed by atoms with van der Waals surface area (Å²) < 4.78 is 35.7. The minimum absolute atomic E-state index is 0.0450. The molecule has 25 heteroatoms. The number of amides is 1. The van der Waals surface area contributed by atoms with Crippen molar-refractivity contribution in [2.75, 3.05) is 12.3 Å². The Morgan fingerprint density at radius 1 is 1.19 bits per heavy atom. The Labute approximate surface area is 292 Å². The molecule has 11 N–H and O–H groups in total. The van der Waals surface area contributed by atoms with Crippen LogP contribution in [-0.2, 0) is 50.4 Å². The van der Waals surface area contributed by atoms with E-state index in [1.807, 2.05) is 0 Å². The number of nitrogens with two attached hydrogens (primary N) is 1. The van der Waals surface area contributed by atoms with E-state index in [0.717, 1.165) is 22.4 Å². The number of aliphatic hydroxyl groups is 5. The van der Waals surface area contributed by atoms with Crippen LogP contribution >= 0.6 is 7.82 Å². The smallest absolute Gasteiger partial charge is 0.475 e. The molecule has 4 rings (SSSR count). The normalized spacial score (nSPS) is 29.9. The largest absolute Gasteiger partial charge is 0.481 e. The van der Waals surface area contributed by atoms with Gasteiger partial charge in [0.1, 0.15) is 42.4 Å². The number of phosphoric ester groups is 1. The van der Waals surface area contributed by atoms with Crippen LogP contribution in [-0.4, -0.2) is 144 Å². The number of ether oxygens (including phenoxy) is 2. The molecule has 24 nitrogen and oxygen atoms in total. The number of aliphatic hydroxyl groups excluding tert-OH is 5. The van der Waals surface area contributed by atoms with Crippen molar-refractivity contribution in [1.29, 1.82) is 0 Å². The minimum atomic E-state index is -5.58. The number of carbonyl (C=O) groups is 3. The van der Waals surface area contributed by atoms with Crippen LogP contribution in [0.2, 0.25) is 0 Å². The summed E-state index contributed by atoms with van der Waals surface area (Å²) in [4.78, 5) is 61.4. The maximum absolute atomic E-state index is 13.1. The number of anilines is 1. The lowest BCUT2D eigenvalue weighted by molar-refractivity contribution is -0.288. The third kappa shape index (κ3) is 9.93. The van der Waals surface area contributed by atoms with Crippen molar-refractivity contribution < 1.29 is 78.1 Å². The average Bonchev–Trinajstić information content (AvgIpc) is 3.61. The summed E-state index contributed by atoms with van der Waals surface area (Å²) in [5.74, 6) is -7.21. The van der Waals surface area contributed by atoms with Crippen molar-refractivity contribution in [3.63, 3.8) is 0 Å². The van der Waals surface area contributed by atoms with E-state index in [9.17, 15) is 59.3 Å². The van der Waals surface area contributed by atoms with Crippen LogP contribution in [0, 0.1) is 0 Å². The van der Waals surface area contributed by atoms with Gasteiger partial charge in [0.2, 0.25) is 5.91 Å². The van der Waals surface area contributed by atoms with E-state index in [-0.39, 0.29) is 12.2 Å². The predicted molar refractivity (Wildman–Crippen MR) is 166 cm³/mol. The third-order valence-corrected chi connectivity index (χ3v) is 9.16. The van der Waals surface area contributed by atoms with Crippen molar-refractivity contribution >= 4 is 31.5 Å². The maximum Gasteiger partial charge on any atom is 0.475 e. The number of nitrogens with zero attached hydrogens (tertiary/aromatic N) is 5. The minimum Gasteiger partial charge on any atom is -0.481 e. The van der Waals surface area contributed by atoms with E-state index in [4.69, 9.17) is 29.4 Å². The Morgan fingerprint density at radius 3 is 2.54 bits per heavy atom. The summed E-state index contributed by atoms with van der Waals surface area (Å²) in [5, 5.41) is 82.8. The van der Waals surface area contributed by atoms with E-state index in [2.05, 4.69) is 20.6 Å². The Morgan fingerprint density at radius 2 is 1.90 bits per heavy atom. The Hall–Kier alpha value is -3.94. The second-order valence-electron chi connectivity index (χ2n) is 12.2. The predicted octanol–water partition coefficient (Wildman–Crippen LogP) is -4.18. The van der Waals surface area contributed by atoms with E-state index in [1.54, 1.807) is 0 Å². The van der Waals surface area contributed by atoms with Crippen molar-refractivity contribution in [2.24, 2.45) is 0 Å². The molecule has 4 heterocycles. The van der Waals surface area contributed by atoms with E-state index >= 15 is 0 Å². The molecule has 1 amide bonds. The highest BCUT2D eigenvalue weighted by Gasteiger charge is 2.59. The number of carboxylic acids is 2. The van der Waals surface area contributed by atoms with Crippen LogP contribution in [0.1, 0.15) is 44.5 Å². The van der Waals surface area contributed by atoms with Crippen molar-refractivity contribution in [3.8, 4) is 0 Å². The van der Waals surface area contributed by atoms with E-state index in [0.29, 0.717) is 25.0 Å². The maximum atomic E-state index is 13.1. The monoisotopic (exact) mass is 765 g/mol. The Bertz CT molecular complexity index is 1690. The number of carbonyl (C=O) groups excluding carboxylic acids is 1. The number of carboxylic acid groups (broad SMARTS) is 2. The summed E-state index contributed by atoms with van der Waals surface area (Å²) in [6.45, 7) is -0.479. The van der Waals surface area contributed by atoms with Gasteiger partial charge in [-0.15, -0.1) is 5.10 Å². The number of hydrogen-bond acceptors (Lipinski definition) is 18. The standard InChI is InChI=1S/C27H40N7O17P/c1-12(35)29-19-14(36)8-27(25(43)44,50-23(19)20(40)15(37)10-33-9-13(31-32-33)4-2-3-5-18(38)39)51-52(46,47)48-11-16-21(41)22(42)24(49-16)34-7-6-17(28)30-26(34)45/h6-7,9,14-16,19-24,36-37,40-42H,2-5,8,10-11H2,1H3,(H,29,35)(H,38,39)(H,43,44)(H,46,47)(H2,28,30,45)/t14-,15+,16+,19+,20+,21+,22+,23+,24+,27+/m0/s1. The molecule has 2 fully saturated rings. The van der Waals surface area contributed by atoms with Gasteiger partial charge >= 0.3 is 25.5 Å². The van der Waals surface area contributed by atoms with Gasteiger partial charge in [-0.2, -0.15) is 4.98 Å². The molecule has 290 valence electrons. The zero-order valence-corrected chi connectivity index (χ0v) is 28.3. The van der Waals surface area contributed by atoms with Crippen molar-refractivity contribution in [3.05, 3.63) is 34.6 Å². The first-order chi connectivity index (χ1) is 24.3. The number of hydrogen-bond donors (Lipinski definition) is 10. The molecule has 0 bridgehead atoms. The molecular formula is C27H40N7O17P. The SMILES string of the molecule is CC(=O)N[C@H]1[C@H]([C@H](O)[C@H](O)Cn2cc(CCCCC(=O)O)nn2)O[C@](OP(=O)(O)OC[C@H]2O[C@@H](n3ccc(N)nc3=O)[C@H](O)[C@@H]2O)(C(=O)O)C[C@@H]1O. The third-order valence-electron chi connectivity index (χ3n) is 8.16. The molecule has 2 aromatic heterocycles. The second kappa shape index (κ2) is 16.8. The number of aliphatic carboxylic acids is 2. The quantitative estimate of drug-likeness (QED) is 0.0539. The summed E-state index contributed by atoms with van der Waals surface area (Å²) >= 11 is 0. The molecule has 11 atom stereocenters. The van der Waals surface area contributed by atoms with Crippen molar-refractivity contribution in [1.82, 2.24) is 29.9 Å². The highest BCUT2D eigenvalue weighted by molar-refractivity contribution is 7.47. The summed E-state index contributed by atoms with van der Waals surface area (Å²) in [7, 11) is -5.58. The fraction of sp³-hybridized carbons (Fsp3) is 0.667. The summed E-state index contributed by atoms with van der Waals surface area (Å²) in [5.41, 5.74) is 4.93. The van der Waals surface area contributed by atoms with Crippen LogP contribution in [0.15, 0.2) is 23.3 Å². The number of unbranched alkanes of at least 4 members (excludes halogenated alkanes) is 1. The molecule has 0 saturated carbocycles. The average molecular weight is 766 g/mol. The van der Waals surface area contributed by atoms with Gasteiger partial charge in [0, 0.05) is 32.2 Å². The topological polar surface area (TPSA) is 371 Å². The van der Waals surface area contributed by atoms with Gasteiger partial charge < -0.3 is 61.2 Å². The lowest BCUT2D eigenvalue weighted by Crippen LogP contribution is -2.67. The molecule has 0 radical (unpaired) electrons. The Balaban J connectivity index is 1.47. The van der Waals surface area contributed by atoms with Gasteiger partial charge in [-0.3, -0.25) is 18.7 Å². The van der Waals surface area contributed by atoms with E-state index in [1.165, 1.54) is 12.3 Å².